The Bertz CT molecular complexity index is 396. The summed E-state index contributed by atoms with van der Waals surface area (Å²) in [4.78, 5) is 11.1. The SMILES string of the molecule is CC(=O)c1ccc(I)c(Cl)c1OC(F)F. The number of carbonyl (C=O) groups is 1. The van der Waals surface area contributed by atoms with Crippen LogP contribution in [0.25, 0.3) is 0 Å². The Morgan fingerprint density at radius 2 is 2.13 bits per heavy atom. The number of rotatable bonds is 3. The second-order valence-corrected chi connectivity index (χ2v) is 4.21. The molecule has 0 fully saturated rings. The van der Waals surface area contributed by atoms with Gasteiger partial charge in [0.1, 0.15) is 0 Å². The van der Waals surface area contributed by atoms with Crippen molar-refractivity contribution in [2.24, 2.45) is 0 Å². The van der Waals surface area contributed by atoms with Crippen LogP contribution in [0.4, 0.5) is 8.78 Å². The van der Waals surface area contributed by atoms with Crippen molar-refractivity contribution in [3.8, 4) is 5.75 Å². The van der Waals surface area contributed by atoms with Crippen molar-refractivity contribution >= 4 is 40.0 Å². The van der Waals surface area contributed by atoms with E-state index >= 15 is 0 Å². The van der Waals surface area contributed by atoms with E-state index in [-0.39, 0.29) is 22.1 Å². The second-order valence-electron chi connectivity index (χ2n) is 2.67. The predicted molar refractivity (Wildman–Crippen MR) is 60.8 cm³/mol. The molecule has 0 bridgehead atoms. The zero-order valence-corrected chi connectivity index (χ0v) is 10.5. The Hall–Kier alpha value is -0.430. The molecule has 0 spiro atoms. The van der Waals surface area contributed by atoms with Crippen LogP contribution in [0.5, 0.6) is 5.75 Å². The highest BCUT2D eigenvalue weighted by Crippen LogP contribution is 2.34. The van der Waals surface area contributed by atoms with Crippen LogP contribution in [0, 0.1) is 3.57 Å². The smallest absolute Gasteiger partial charge is 0.387 e. The van der Waals surface area contributed by atoms with E-state index in [0.29, 0.717) is 3.57 Å². The number of ether oxygens (including phenoxy) is 1. The fourth-order valence-electron chi connectivity index (χ4n) is 1.01. The van der Waals surface area contributed by atoms with Gasteiger partial charge < -0.3 is 4.74 Å². The van der Waals surface area contributed by atoms with Crippen LogP contribution < -0.4 is 4.74 Å². The fraction of sp³-hybridized carbons (Fsp3) is 0.222. The number of halogens is 4. The van der Waals surface area contributed by atoms with Gasteiger partial charge in [0.25, 0.3) is 0 Å². The van der Waals surface area contributed by atoms with Crippen LogP contribution in [0.2, 0.25) is 5.02 Å². The molecule has 0 saturated heterocycles. The van der Waals surface area contributed by atoms with Crippen molar-refractivity contribution in [2.45, 2.75) is 13.5 Å². The van der Waals surface area contributed by atoms with E-state index in [9.17, 15) is 13.6 Å². The molecule has 0 saturated carbocycles. The highest BCUT2D eigenvalue weighted by Gasteiger charge is 2.18. The van der Waals surface area contributed by atoms with Gasteiger partial charge in [0, 0.05) is 3.57 Å². The van der Waals surface area contributed by atoms with E-state index in [1.807, 2.05) is 22.6 Å². The first-order chi connectivity index (χ1) is 6.93. The van der Waals surface area contributed by atoms with Crippen molar-refractivity contribution in [2.75, 3.05) is 0 Å². The zero-order chi connectivity index (χ0) is 11.6. The number of ketones is 1. The molecule has 0 radical (unpaired) electrons. The molecule has 0 aromatic heterocycles. The Morgan fingerprint density at radius 1 is 1.53 bits per heavy atom. The third-order valence-corrected chi connectivity index (χ3v) is 3.23. The second kappa shape index (κ2) is 5.07. The number of hydrogen-bond acceptors (Lipinski definition) is 2. The summed E-state index contributed by atoms with van der Waals surface area (Å²) in [5.74, 6) is -0.630. The highest BCUT2D eigenvalue weighted by molar-refractivity contribution is 14.1. The topological polar surface area (TPSA) is 26.3 Å². The van der Waals surface area contributed by atoms with Gasteiger partial charge in [0.05, 0.1) is 10.6 Å². The Kier molecular flexibility index (Phi) is 4.27. The molecule has 0 aliphatic rings. The summed E-state index contributed by atoms with van der Waals surface area (Å²) in [6.07, 6.45) is 0. The molecule has 0 atom stereocenters. The molecular weight excluding hydrogens is 340 g/mol. The Balaban J connectivity index is 3.28. The highest BCUT2D eigenvalue weighted by atomic mass is 127. The van der Waals surface area contributed by atoms with Gasteiger partial charge in [-0.25, -0.2) is 0 Å². The van der Waals surface area contributed by atoms with Crippen molar-refractivity contribution < 1.29 is 18.3 Å². The summed E-state index contributed by atoms with van der Waals surface area (Å²) in [5, 5.41) is 0.0311. The summed E-state index contributed by atoms with van der Waals surface area (Å²) in [6.45, 7) is -1.74. The van der Waals surface area contributed by atoms with E-state index in [1.165, 1.54) is 13.0 Å². The van der Waals surface area contributed by atoms with Gasteiger partial charge in [-0.3, -0.25) is 4.79 Å². The van der Waals surface area contributed by atoms with Crippen LogP contribution >= 0.6 is 34.2 Å². The minimum Gasteiger partial charge on any atom is -0.432 e. The normalized spacial score (nSPS) is 10.5. The van der Waals surface area contributed by atoms with Crippen LogP contribution in [-0.2, 0) is 0 Å². The van der Waals surface area contributed by atoms with Gasteiger partial charge in [0.15, 0.2) is 11.5 Å². The summed E-state index contributed by atoms with van der Waals surface area (Å²) >= 11 is 7.64. The van der Waals surface area contributed by atoms with Gasteiger partial charge in [-0.05, 0) is 41.6 Å². The minimum absolute atomic E-state index is 0.0311. The molecular formula is C9H6ClF2IO2. The first-order valence-electron chi connectivity index (χ1n) is 3.87. The van der Waals surface area contributed by atoms with E-state index in [0.717, 1.165) is 0 Å². The lowest BCUT2D eigenvalue weighted by molar-refractivity contribution is -0.0501. The van der Waals surface area contributed by atoms with Gasteiger partial charge in [-0.15, -0.1) is 0 Å². The molecule has 0 amide bonds. The number of carbonyl (C=O) groups excluding carboxylic acids is 1. The molecule has 2 nitrogen and oxygen atoms in total. The van der Waals surface area contributed by atoms with E-state index in [4.69, 9.17) is 11.6 Å². The van der Waals surface area contributed by atoms with Crippen molar-refractivity contribution in [3.63, 3.8) is 0 Å². The monoisotopic (exact) mass is 346 g/mol. The van der Waals surface area contributed by atoms with Gasteiger partial charge in [0.2, 0.25) is 0 Å². The molecule has 0 heterocycles. The van der Waals surface area contributed by atoms with Crippen molar-refractivity contribution in [1.82, 2.24) is 0 Å². The largest absolute Gasteiger partial charge is 0.432 e. The zero-order valence-electron chi connectivity index (χ0n) is 7.56. The fourth-order valence-corrected chi connectivity index (χ4v) is 1.65. The first kappa shape index (κ1) is 12.6. The first-order valence-corrected chi connectivity index (χ1v) is 5.33. The lowest BCUT2D eigenvalue weighted by Gasteiger charge is -2.11. The van der Waals surface area contributed by atoms with Gasteiger partial charge in [-0.1, -0.05) is 11.6 Å². The van der Waals surface area contributed by atoms with Gasteiger partial charge >= 0.3 is 6.61 Å². The maximum Gasteiger partial charge on any atom is 0.387 e. The Labute approximate surface area is 104 Å². The molecule has 0 N–H and O–H groups in total. The van der Waals surface area contributed by atoms with Crippen LogP contribution in [0.3, 0.4) is 0 Å². The van der Waals surface area contributed by atoms with Crippen LogP contribution in [0.15, 0.2) is 12.1 Å². The molecule has 1 aromatic rings. The van der Waals surface area contributed by atoms with Crippen molar-refractivity contribution in [3.05, 3.63) is 26.3 Å². The molecule has 0 unspecified atom stereocenters. The molecule has 0 aliphatic heterocycles. The third-order valence-electron chi connectivity index (χ3n) is 1.64. The molecule has 1 rings (SSSR count). The van der Waals surface area contributed by atoms with Crippen LogP contribution in [-0.4, -0.2) is 12.4 Å². The predicted octanol–water partition coefficient (Wildman–Crippen LogP) is 3.75. The van der Waals surface area contributed by atoms with E-state index < -0.39 is 6.61 Å². The summed E-state index contributed by atoms with van der Waals surface area (Å²) < 4.78 is 28.9. The van der Waals surface area contributed by atoms with Crippen molar-refractivity contribution in [1.29, 1.82) is 0 Å². The summed E-state index contributed by atoms with van der Waals surface area (Å²) in [6, 6.07) is 2.98. The molecule has 1 aromatic carbocycles. The number of Topliss-reactive ketones (excluding diaryl/α,β-unsaturated/α-hetero) is 1. The molecule has 6 heteroatoms. The summed E-state index contributed by atoms with van der Waals surface area (Å²) in [5.41, 5.74) is 0.0562. The molecule has 15 heavy (non-hydrogen) atoms. The lowest BCUT2D eigenvalue weighted by atomic mass is 10.1. The number of benzene rings is 1. The molecule has 0 aliphatic carbocycles. The quantitative estimate of drug-likeness (QED) is 0.615. The minimum atomic E-state index is -3.00. The molecule has 82 valence electrons. The number of alkyl halides is 2. The average molecular weight is 346 g/mol. The third kappa shape index (κ3) is 3.01. The maximum atomic E-state index is 12.1. The van der Waals surface area contributed by atoms with Crippen LogP contribution in [0.1, 0.15) is 17.3 Å². The van der Waals surface area contributed by atoms with E-state index in [1.54, 1.807) is 6.07 Å². The van der Waals surface area contributed by atoms with Gasteiger partial charge in [-0.2, -0.15) is 8.78 Å². The van der Waals surface area contributed by atoms with E-state index in [2.05, 4.69) is 4.74 Å². The standard InChI is InChI=1S/C9H6ClF2IO2/c1-4(14)5-2-3-6(13)7(10)8(5)15-9(11)12/h2-3,9H,1H3. The summed E-state index contributed by atoms with van der Waals surface area (Å²) in [7, 11) is 0. The average Bonchev–Trinajstić information content (AvgIpc) is 2.12. The maximum absolute atomic E-state index is 12.1. The number of hydrogen-bond donors (Lipinski definition) is 0. The lowest BCUT2D eigenvalue weighted by Crippen LogP contribution is -2.07. The Morgan fingerprint density at radius 3 is 2.60 bits per heavy atom.